The number of hydrogen-bond donors (Lipinski definition) is 3. The van der Waals surface area contributed by atoms with E-state index in [1.165, 1.54) is 12.0 Å². The minimum Gasteiger partial charge on any atom is -0.497 e. The maximum atomic E-state index is 16.0. The van der Waals surface area contributed by atoms with Crippen LogP contribution in [0.4, 0.5) is 4.39 Å². The van der Waals surface area contributed by atoms with E-state index in [-0.39, 0.29) is 35.6 Å². The van der Waals surface area contributed by atoms with E-state index in [4.69, 9.17) is 10.5 Å². The second-order valence-electron chi connectivity index (χ2n) is 9.09. The number of halogens is 1. The van der Waals surface area contributed by atoms with E-state index in [1.807, 2.05) is 13.0 Å². The number of nitrogens with one attached hydrogen (secondary N) is 1. The van der Waals surface area contributed by atoms with Crippen molar-refractivity contribution in [3.63, 3.8) is 0 Å². The zero-order chi connectivity index (χ0) is 22.7. The van der Waals surface area contributed by atoms with Crippen LogP contribution in [0.1, 0.15) is 65.8 Å². The number of methoxy groups -OCH3 is 1. The fourth-order valence-corrected chi connectivity index (χ4v) is 6.88. The summed E-state index contributed by atoms with van der Waals surface area (Å²) in [5.41, 5.74) is 6.87. The summed E-state index contributed by atoms with van der Waals surface area (Å²) in [6.45, 7) is 1.72. The second kappa shape index (κ2) is 7.97. The number of alkyl halides is 1. The highest BCUT2D eigenvalue weighted by atomic mass is 32.1. The zero-order valence-corrected chi connectivity index (χ0v) is 19.0. The number of rotatable bonds is 5. The molecule has 32 heavy (non-hydrogen) atoms. The number of H-pyrrole nitrogens is 1. The number of aromatic amines is 1. The number of aryl methyl sites for hydroxylation is 1. The largest absolute Gasteiger partial charge is 0.497 e. The Labute approximate surface area is 188 Å². The molecule has 0 radical (unpaired) electrons. The molecule has 7 nitrogen and oxygen atoms in total. The highest BCUT2D eigenvalue weighted by Crippen LogP contribution is 2.45. The van der Waals surface area contributed by atoms with Gasteiger partial charge >= 0.3 is 5.69 Å². The summed E-state index contributed by atoms with van der Waals surface area (Å²) < 4.78 is 23.0. The topological polar surface area (TPSA) is 110 Å². The molecule has 3 aliphatic carbocycles. The van der Waals surface area contributed by atoms with Crippen molar-refractivity contribution in [1.82, 2.24) is 9.55 Å². The summed E-state index contributed by atoms with van der Waals surface area (Å²) in [6, 6.07) is 1.68. The van der Waals surface area contributed by atoms with Gasteiger partial charge in [-0.1, -0.05) is 0 Å². The molecule has 1 fully saturated rings. The second-order valence-corrected chi connectivity index (χ2v) is 10.3. The predicted molar refractivity (Wildman–Crippen MR) is 121 cm³/mol. The van der Waals surface area contributed by atoms with Crippen molar-refractivity contribution in [3.05, 3.63) is 52.8 Å². The highest BCUT2D eigenvalue weighted by molar-refractivity contribution is 7.12. The fourth-order valence-electron chi connectivity index (χ4n) is 5.41. The van der Waals surface area contributed by atoms with Crippen LogP contribution in [0.15, 0.2) is 15.7 Å². The summed E-state index contributed by atoms with van der Waals surface area (Å²) in [4.78, 5) is 29.8. The maximum absolute atomic E-state index is 16.0. The van der Waals surface area contributed by atoms with Gasteiger partial charge in [-0.3, -0.25) is 14.3 Å². The third-order valence-corrected chi connectivity index (χ3v) is 8.41. The zero-order valence-electron chi connectivity index (χ0n) is 18.2. The molecule has 4 atom stereocenters. The first kappa shape index (κ1) is 21.6. The minimum atomic E-state index is -1.54. The molecule has 0 amide bonds. The maximum Gasteiger partial charge on any atom is 0.329 e. The van der Waals surface area contributed by atoms with Crippen LogP contribution in [-0.2, 0) is 11.2 Å². The predicted octanol–water partition coefficient (Wildman–Crippen LogP) is 0.733. The average molecular weight is 462 g/mol. The van der Waals surface area contributed by atoms with Crippen molar-refractivity contribution in [3.8, 4) is 0 Å². The molecule has 0 bridgehead atoms. The van der Waals surface area contributed by atoms with Gasteiger partial charge in [0.1, 0.15) is 11.0 Å². The number of aromatic nitrogens is 2. The van der Waals surface area contributed by atoms with Gasteiger partial charge in [0, 0.05) is 27.8 Å². The molecule has 172 valence electrons. The average Bonchev–Trinajstić information content (AvgIpc) is 3.51. The van der Waals surface area contributed by atoms with E-state index in [9.17, 15) is 14.7 Å². The third-order valence-electron chi connectivity index (χ3n) is 7.12. The Kier molecular flexibility index (Phi) is 5.38. The van der Waals surface area contributed by atoms with Gasteiger partial charge in [0.05, 0.1) is 25.0 Å². The SMILES string of the molecule is COC1=c2c(=O)[nH]c(=O)n(C3CC3)c2=C(C)C(c2cc3c(s2)CCCC3C(N)CO)C1F. The first-order valence-electron chi connectivity index (χ1n) is 11.1. The van der Waals surface area contributed by atoms with Gasteiger partial charge in [0.15, 0.2) is 6.17 Å². The monoisotopic (exact) mass is 461 g/mol. The lowest BCUT2D eigenvalue weighted by Crippen LogP contribution is -2.58. The van der Waals surface area contributed by atoms with Crippen molar-refractivity contribution in [2.45, 2.75) is 69.1 Å². The van der Waals surface area contributed by atoms with Crippen LogP contribution in [0.2, 0.25) is 0 Å². The van der Waals surface area contributed by atoms with Crippen LogP contribution in [0.5, 0.6) is 0 Å². The summed E-state index contributed by atoms with van der Waals surface area (Å²) >= 11 is 1.57. The molecular formula is C23H28FN3O4S. The van der Waals surface area contributed by atoms with Crippen molar-refractivity contribution in [2.75, 3.05) is 13.7 Å². The van der Waals surface area contributed by atoms with Gasteiger partial charge in [-0.2, -0.15) is 0 Å². The quantitative estimate of drug-likeness (QED) is 0.608. The Morgan fingerprint density at radius 3 is 2.78 bits per heavy atom. The standard InChI is InChI=1S/C23H28FN3O4S/c1-10-17(16-8-13-12(14(25)9-28)4-3-5-15(13)32-16)19(24)21(31-2)18-20(10)27(11-6-7-11)23(30)26-22(18)29/h8,11-12,14,17,19,28H,3-7,9,25H2,1-2H3,(H,26,29,30). The number of ether oxygens (including phenoxy) is 1. The van der Waals surface area contributed by atoms with E-state index < -0.39 is 23.3 Å². The van der Waals surface area contributed by atoms with Crippen LogP contribution in [0, 0.1) is 0 Å². The van der Waals surface area contributed by atoms with Crippen LogP contribution < -0.4 is 27.6 Å². The van der Waals surface area contributed by atoms with Crippen molar-refractivity contribution >= 4 is 22.7 Å². The lowest BCUT2D eigenvalue weighted by molar-refractivity contribution is 0.242. The number of fused-ring (bicyclic) bond motifs is 2. The van der Waals surface area contributed by atoms with Crippen LogP contribution in [-0.4, -0.2) is 40.6 Å². The molecular weight excluding hydrogens is 433 g/mol. The molecule has 9 heteroatoms. The molecule has 4 N–H and O–H groups in total. The number of nitrogens with two attached hydrogens (primary N) is 1. The fraction of sp³-hybridized carbons (Fsp3) is 0.565. The summed E-state index contributed by atoms with van der Waals surface area (Å²) in [6.07, 6.45) is 2.95. The highest BCUT2D eigenvalue weighted by Gasteiger charge is 2.39. The van der Waals surface area contributed by atoms with Crippen LogP contribution in [0.25, 0.3) is 11.3 Å². The minimum absolute atomic E-state index is 0.0152. The summed E-state index contributed by atoms with van der Waals surface area (Å²) in [5, 5.41) is 10.2. The number of nitrogens with zero attached hydrogens (tertiary/aromatic N) is 1. The molecule has 0 aliphatic heterocycles. The first-order valence-corrected chi connectivity index (χ1v) is 12.0. The molecule has 0 saturated heterocycles. The lowest BCUT2D eigenvalue weighted by atomic mass is 9.81. The molecule has 0 aromatic carbocycles. The molecule has 2 heterocycles. The van der Waals surface area contributed by atoms with Gasteiger partial charge < -0.3 is 15.6 Å². The molecule has 2 aromatic heterocycles. The number of aliphatic hydroxyl groups excluding tert-OH is 1. The van der Waals surface area contributed by atoms with Gasteiger partial charge in [-0.05, 0) is 56.2 Å². The third kappa shape index (κ3) is 3.21. The van der Waals surface area contributed by atoms with Crippen molar-refractivity contribution in [2.24, 2.45) is 5.73 Å². The molecule has 3 aliphatic rings. The van der Waals surface area contributed by atoms with E-state index in [2.05, 4.69) is 4.98 Å². The van der Waals surface area contributed by atoms with E-state index >= 15 is 4.39 Å². The van der Waals surface area contributed by atoms with Crippen molar-refractivity contribution in [1.29, 1.82) is 0 Å². The first-order chi connectivity index (χ1) is 15.4. The Morgan fingerprint density at radius 1 is 1.38 bits per heavy atom. The van der Waals surface area contributed by atoms with Crippen LogP contribution >= 0.6 is 11.3 Å². The Morgan fingerprint density at radius 2 is 2.12 bits per heavy atom. The van der Waals surface area contributed by atoms with Gasteiger partial charge in [-0.25, -0.2) is 9.18 Å². The van der Waals surface area contributed by atoms with E-state index in [0.717, 1.165) is 42.5 Å². The smallest absolute Gasteiger partial charge is 0.329 e. The van der Waals surface area contributed by atoms with E-state index in [0.29, 0.717) is 10.9 Å². The number of aliphatic hydroxyl groups is 1. The number of thiophene rings is 1. The van der Waals surface area contributed by atoms with Crippen LogP contribution in [0.3, 0.4) is 0 Å². The molecule has 1 saturated carbocycles. The molecule has 5 rings (SSSR count). The summed E-state index contributed by atoms with van der Waals surface area (Å²) in [5.74, 6) is -0.632. The molecule has 2 aromatic rings. The Hall–Kier alpha value is -2.23. The van der Waals surface area contributed by atoms with Crippen molar-refractivity contribution < 1.29 is 14.2 Å². The lowest BCUT2D eigenvalue weighted by Gasteiger charge is -2.27. The number of hydrogen-bond acceptors (Lipinski definition) is 6. The van der Waals surface area contributed by atoms with Gasteiger partial charge in [-0.15, -0.1) is 11.3 Å². The normalized spacial score (nSPS) is 26.0. The van der Waals surface area contributed by atoms with Gasteiger partial charge in [0.25, 0.3) is 5.56 Å². The summed E-state index contributed by atoms with van der Waals surface area (Å²) in [7, 11) is 1.37. The Balaban J connectivity index is 1.75. The molecule has 4 unspecified atom stereocenters. The van der Waals surface area contributed by atoms with E-state index in [1.54, 1.807) is 15.9 Å². The van der Waals surface area contributed by atoms with Gasteiger partial charge in [0.2, 0.25) is 0 Å². The Bertz CT molecular complexity index is 1310. The molecule has 0 spiro atoms.